The van der Waals surface area contributed by atoms with Crippen molar-refractivity contribution in [1.82, 2.24) is 5.32 Å². The van der Waals surface area contributed by atoms with E-state index >= 15 is 0 Å². The van der Waals surface area contributed by atoms with Crippen molar-refractivity contribution in [2.24, 2.45) is 21.7 Å². The van der Waals surface area contributed by atoms with Gasteiger partial charge in [-0.05, 0) is 49.5 Å². The first-order valence-corrected chi connectivity index (χ1v) is 8.38. The fraction of sp³-hybridized carbons (Fsp3) is 1.00. The lowest BCUT2D eigenvalue weighted by Crippen LogP contribution is -2.72. The van der Waals surface area contributed by atoms with E-state index in [1.54, 1.807) is 0 Å². The summed E-state index contributed by atoms with van der Waals surface area (Å²) in [5.41, 5.74) is 0.297. The van der Waals surface area contributed by atoms with Crippen LogP contribution < -0.4 is 5.32 Å². The lowest BCUT2D eigenvalue weighted by atomic mass is 9.41. The molecule has 21 heavy (non-hydrogen) atoms. The summed E-state index contributed by atoms with van der Waals surface area (Å²) in [6, 6.07) is 0.440. The highest BCUT2D eigenvalue weighted by Gasteiger charge is 2.66. The predicted molar refractivity (Wildman–Crippen MR) is 92.6 cm³/mol. The van der Waals surface area contributed by atoms with E-state index in [0.29, 0.717) is 6.04 Å². The molecule has 1 fully saturated rings. The van der Waals surface area contributed by atoms with Gasteiger partial charge in [-0.2, -0.15) is 0 Å². The monoisotopic (exact) mass is 297 g/mol. The third-order valence-corrected chi connectivity index (χ3v) is 6.84. The van der Waals surface area contributed by atoms with Gasteiger partial charge in [0.2, 0.25) is 0 Å². The average Bonchev–Trinajstić information content (AvgIpc) is 2.22. The molecule has 0 radical (unpaired) electrons. The highest BCUT2D eigenvalue weighted by Crippen LogP contribution is 2.64. The van der Waals surface area contributed by atoms with Crippen LogP contribution in [-0.2, 0) is 4.74 Å². The van der Waals surface area contributed by atoms with Crippen molar-refractivity contribution in [3.8, 4) is 0 Å². The van der Waals surface area contributed by atoms with Crippen molar-refractivity contribution < 1.29 is 4.74 Å². The van der Waals surface area contributed by atoms with Crippen LogP contribution in [-0.4, -0.2) is 24.8 Å². The van der Waals surface area contributed by atoms with Crippen molar-refractivity contribution in [3.05, 3.63) is 0 Å². The lowest BCUT2D eigenvalue weighted by molar-refractivity contribution is -0.261. The van der Waals surface area contributed by atoms with E-state index in [1.807, 2.05) is 0 Å². The summed E-state index contributed by atoms with van der Waals surface area (Å²) in [6.45, 7) is 25.6. The maximum absolute atomic E-state index is 6.65. The maximum Gasteiger partial charge on any atom is 0.0695 e. The number of hydrogen-bond donors (Lipinski definition) is 1. The zero-order valence-electron chi connectivity index (χ0n) is 16.6. The minimum atomic E-state index is -0.127. The predicted octanol–water partition coefficient (Wildman–Crippen LogP) is 4.88. The summed E-state index contributed by atoms with van der Waals surface area (Å²) >= 11 is 0. The molecule has 0 heterocycles. The molecule has 0 aliphatic heterocycles. The minimum absolute atomic E-state index is 0.0764. The van der Waals surface area contributed by atoms with Crippen molar-refractivity contribution in [2.75, 3.05) is 7.05 Å². The maximum atomic E-state index is 6.65. The molecule has 1 aliphatic carbocycles. The van der Waals surface area contributed by atoms with Crippen LogP contribution >= 0.6 is 0 Å². The van der Waals surface area contributed by atoms with Gasteiger partial charge in [-0.1, -0.05) is 55.4 Å². The van der Waals surface area contributed by atoms with E-state index in [2.05, 4.69) is 88.5 Å². The topological polar surface area (TPSA) is 21.3 Å². The van der Waals surface area contributed by atoms with E-state index in [0.717, 1.165) is 0 Å². The van der Waals surface area contributed by atoms with Crippen molar-refractivity contribution in [1.29, 1.82) is 0 Å². The Labute approximate surface area is 133 Å². The summed E-state index contributed by atoms with van der Waals surface area (Å²) in [5.74, 6) is 0. The van der Waals surface area contributed by atoms with Gasteiger partial charge in [-0.15, -0.1) is 0 Å². The molecular weight excluding hydrogens is 258 g/mol. The first-order valence-electron chi connectivity index (χ1n) is 8.38. The van der Waals surface area contributed by atoms with Crippen LogP contribution in [0.4, 0.5) is 0 Å². The molecule has 1 N–H and O–H groups in total. The van der Waals surface area contributed by atoms with Gasteiger partial charge < -0.3 is 10.1 Å². The second-order valence-corrected chi connectivity index (χ2v) is 10.2. The van der Waals surface area contributed by atoms with Crippen molar-refractivity contribution >= 4 is 0 Å². The fourth-order valence-corrected chi connectivity index (χ4v) is 4.59. The Morgan fingerprint density at radius 3 is 1.29 bits per heavy atom. The van der Waals surface area contributed by atoms with E-state index in [1.165, 1.54) is 0 Å². The molecule has 0 aromatic heterocycles. The molecule has 0 aromatic carbocycles. The molecular formula is C19H39NO. The van der Waals surface area contributed by atoms with Crippen LogP contribution in [0.1, 0.15) is 76.2 Å². The Bertz CT molecular complexity index is 357. The largest absolute Gasteiger partial charge is 0.371 e. The highest BCUT2D eigenvalue weighted by atomic mass is 16.5. The van der Waals surface area contributed by atoms with Crippen LogP contribution in [0.5, 0.6) is 0 Å². The Kier molecular flexibility index (Phi) is 4.48. The number of nitrogens with one attached hydrogen (secondary N) is 1. The second kappa shape index (κ2) is 4.96. The molecule has 1 saturated carbocycles. The molecule has 1 aliphatic rings. The van der Waals surface area contributed by atoms with E-state index < -0.39 is 0 Å². The van der Waals surface area contributed by atoms with Gasteiger partial charge in [0.05, 0.1) is 11.7 Å². The van der Waals surface area contributed by atoms with Gasteiger partial charge in [0.25, 0.3) is 0 Å². The van der Waals surface area contributed by atoms with Crippen LogP contribution in [0.2, 0.25) is 0 Å². The summed E-state index contributed by atoms with van der Waals surface area (Å²) in [5, 5.41) is 3.62. The van der Waals surface area contributed by atoms with E-state index in [4.69, 9.17) is 4.74 Å². The average molecular weight is 298 g/mol. The summed E-state index contributed by atoms with van der Waals surface area (Å²) < 4.78 is 6.65. The van der Waals surface area contributed by atoms with E-state index in [9.17, 15) is 0 Å². The summed E-state index contributed by atoms with van der Waals surface area (Å²) in [7, 11) is 2.10. The molecule has 2 nitrogen and oxygen atoms in total. The molecule has 1 rings (SSSR count). The number of rotatable bonds is 2. The minimum Gasteiger partial charge on any atom is -0.371 e. The zero-order chi connectivity index (χ0) is 17.1. The highest BCUT2D eigenvalue weighted by molar-refractivity contribution is 5.16. The van der Waals surface area contributed by atoms with Crippen LogP contribution in [0, 0.1) is 21.7 Å². The normalized spacial score (nSPS) is 33.7. The Balaban J connectivity index is 3.49. The van der Waals surface area contributed by atoms with Gasteiger partial charge in [-0.3, -0.25) is 0 Å². The van der Waals surface area contributed by atoms with Crippen LogP contribution in [0.3, 0.4) is 0 Å². The molecule has 2 heteroatoms. The van der Waals surface area contributed by atoms with Crippen LogP contribution in [0.15, 0.2) is 0 Å². The van der Waals surface area contributed by atoms with Gasteiger partial charge >= 0.3 is 0 Å². The second-order valence-electron chi connectivity index (χ2n) is 10.2. The standard InChI is InChI=1S/C19H39NO/c1-15(2,3)21-14-18(8,9)16(4,5)13(20-12)17(6,7)19(14,10)11/h13-14,20H,1-12H3. The lowest BCUT2D eigenvalue weighted by Gasteiger charge is -2.68. The third-order valence-electron chi connectivity index (χ3n) is 6.84. The SMILES string of the molecule is CNC1C(C)(C)C(C)(C)C(OC(C)(C)C)C(C)(C)C1(C)C. The molecule has 0 aromatic rings. The smallest absolute Gasteiger partial charge is 0.0695 e. The molecule has 0 saturated heterocycles. The van der Waals surface area contributed by atoms with E-state index in [-0.39, 0.29) is 33.4 Å². The van der Waals surface area contributed by atoms with Crippen LogP contribution in [0.25, 0.3) is 0 Å². The Morgan fingerprint density at radius 1 is 0.714 bits per heavy atom. The third kappa shape index (κ3) is 2.67. The number of ether oxygens (including phenoxy) is 1. The quantitative estimate of drug-likeness (QED) is 0.784. The molecule has 0 atom stereocenters. The van der Waals surface area contributed by atoms with Gasteiger partial charge in [-0.25, -0.2) is 0 Å². The van der Waals surface area contributed by atoms with Crippen molar-refractivity contribution in [2.45, 2.75) is 93.9 Å². The first kappa shape index (κ1) is 19.0. The van der Waals surface area contributed by atoms with Crippen molar-refractivity contribution in [3.63, 3.8) is 0 Å². The molecule has 0 bridgehead atoms. The summed E-state index contributed by atoms with van der Waals surface area (Å²) in [4.78, 5) is 0. The number of hydrogen-bond acceptors (Lipinski definition) is 2. The zero-order valence-corrected chi connectivity index (χ0v) is 16.6. The Morgan fingerprint density at radius 2 is 1.05 bits per heavy atom. The van der Waals surface area contributed by atoms with Gasteiger partial charge in [0.1, 0.15) is 0 Å². The van der Waals surface area contributed by atoms with Gasteiger partial charge in [0.15, 0.2) is 0 Å². The molecule has 126 valence electrons. The summed E-state index contributed by atoms with van der Waals surface area (Å²) in [6.07, 6.45) is 0.208. The molecule has 0 amide bonds. The van der Waals surface area contributed by atoms with Gasteiger partial charge in [0, 0.05) is 6.04 Å². The Hall–Kier alpha value is -0.0800. The molecule has 0 spiro atoms. The molecule has 0 unspecified atom stereocenters. The first-order chi connectivity index (χ1) is 9.03. The fourth-order valence-electron chi connectivity index (χ4n) is 4.59.